The molecule has 9 aromatic rings. The van der Waals surface area contributed by atoms with E-state index in [0.29, 0.717) is 6.67 Å². The van der Waals surface area contributed by atoms with Crippen molar-refractivity contribution in [2.75, 3.05) is 16.5 Å². The summed E-state index contributed by atoms with van der Waals surface area (Å²) in [6, 6.07) is 63.9. The summed E-state index contributed by atoms with van der Waals surface area (Å²) in [6.07, 6.45) is 4.27. The van der Waals surface area contributed by atoms with Crippen LogP contribution in [0.2, 0.25) is 0 Å². The topological polar surface area (TPSA) is 33.5 Å². The Morgan fingerprint density at radius 1 is 0.457 bits per heavy atom. The smallest absolute Gasteiger partial charge is 0.137 e. The maximum atomic E-state index is 7.34. The molecule has 0 radical (unpaired) electrons. The van der Waals surface area contributed by atoms with Gasteiger partial charge in [0.2, 0.25) is 0 Å². The van der Waals surface area contributed by atoms with Crippen molar-refractivity contribution in [2.45, 2.75) is 97.8 Å². The molecule has 0 unspecified atom stereocenters. The second-order valence-corrected chi connectivity index (χ2v) is 22.7. The van der Waals surface area contributed by atoms with Gasteiger partial charge >= 0.3 is 0 Å². The average molecular weight is 919 g/mol. The molecule has 0 aliphatic carbocycles. The number of para-hydroxylation sites is 1. The molecule has 1 aliphatic rings. The van der Waals surface area contributed by atoms with Crippen LogP contribution in [0.3, 0.4) is 0 Å². The lowest BCUT2D eigenvalue weighted by Crippen LogP contribution is -2.27. The van der Waals surface area contributed by atoms with Crippen molar-refractivity contribution in [1.82, 2.24) is 9.55 Å². The minimum absolute atomic E-state index is 0.0406. The third-order valence-corrected chi connectivity index (χ3v) is 14.2. The highest BCUT2D eigenvalue weighted by Gasteiger charge is 2.31. The van der Waals surface area contributed by atoms with Gasteiger partial charge in [-0.1, -0.05) is 191 Å². The van der Waals surface area contributed by atoms with Crippen LogP contribution in [0.15, 0.2) is 188 Å². The van der Waals surface area contributed by atoms with Crippen LogP contribution >= 0.6 is 0 Å². The average Bonchev–Trinajstić information content (AvgIpc) is 3.94. The number of pyridine rings is 1. The zero-order valence-electron chi connectivity index (χ0n) is 42.8. The highest BCUT2D eigenvalue weighted by Crippen LogP contribution is 2.46. The molecule has 3 heterocycles. The first-order valence-corrected chi connectivity index (χ1v) is 24.8. The van der Waals surface area contributed by atoms with Crippen molar-refractivity contribution in [3.63, 3.8) is 0 Å². The van der Waals surface area contributed by atoms with Crippen LogP contribution in [-0.4, -0.2) is 16.2 Å². The molecule has 0 saturated carbocycles. The molecule has 2 aromatic heterocycles. The molecule has 0 N–H and O–H groups in total. The molecule has 0 atom stereocenters. The van der Waals surface area contributed by atoms with Crippen molar-refractivity contribution in [2.24, 2.45) is 0 Å². The van der Waals surface area contributed by atoms with E-state index < -0.39 is 0 Å². The van der Waals surface area contributed by atoms with E-state index in [2.05, 4.69) is 273 Å². The molecule has 0 amide bonds. The van der Waals surface area contributed by atoms with Gasteiger partial charge in [-0.25, -0.2) is 4.98 Å². The Morgan fingerprint density at radius 3 is 1.74 bits per heavy atom. The number of fused-ring (bicyclic) bond motifs is 3. The Labute approximate surface area is 415 Å². The highest BCUT2D eigenvalue weighted by molar-refractivity contribution is 6.11. The number of ether oxygens (including phenoxy) is 1. The van der Waals surface area contributed by atoms with Gasteiger partial charge in [0.05, 0.1) is 23.4 Å². The number of hydrogen-bond donors (Lipinski definition) is 0. The summed E-state index contributed by atoms with van der Waals surface area (Å²) < 4.78 is 9.67. The Bertz CT molecular complexity index is 3400. The maximum absolute atomic E-state index is 7.34. The number of benzene rings is 7. The van der Waals surface area contributed by atoms with Crippen LogP contribution in [-0.2, 0) is 21.7 Å². The van der Waals surface area contributed by atoms with Gasteiger partial charge in [0.25, 0.3) is 0 Å². The van der Waals surface area contributed by atoms with Crippen LogP contribution in [0.5, 0.6) is 11.5 Å². The van der Waals surface area contributed by atoms with Crippen LogP contribution in [0.4, 0.5) is 11.4 Å². The zero-order valence-corrected chi connectivity index (χ0v) is 42.8. The third kappa shape index (κ3) is 8.90. The van der Waals surface area contributed by atoms with Gasteiger partial charge in [0.15, 0.2) is 0 Å². The number of hydrogen-bond acceptors (Lipinski definition) is 4. The number of nitrogens with zero attached hydrogens (tertiary/aromatic N) is 4. The van der Waals surface area contributed by atoms with Gasteiger partial charge < -0.3 is 14.5 Å². The lowest BCUT2D eigenvalue weighted by Gasteiger charge is -2.30. The molecule has 0 bridgehead atoms. The molecular formula is C65H66N4O. The molecule has 0 spiro atoms. The third-order valence-electron chi connectivity index (χ3n) is 14.2. The van der Waals surface area contributed by atoms with Gasteiger partial charge in [-0.15, -0.1) is 0 Å². The summed E-state index contributed by atoms with van der Waals surface area (Å²) >= 11 is 0. The minimum Gasteiger partial charge on any atom is -0.457 e. The van der Waals surface area contributed by atoms with Crippen molar-refractivity contribution in [1.29, 1.82) is 0 Å². The highest BCUT2D eigenvalue weighted by atomic mass is 16.5. The van der Waals surface area contributed by atoms with E-state index >= 15 is 0 Å². The van der Waals surface area contributed by atoms with Crippen molar-refractivity contribution in [3.8, 4) is 28.4 Å². The molecule has 70 heavy (non-hydrogen) atoms. The Kier molecular flexibility index (Phi) is 11.6. The van der Waals surface area contributed by atoms with Crippen molar-refractivity contribution < 1.29 is 4.74 Å². The normalized spacial score (nSPS) is 13.6. The van der Waals surface area contributed by atoms with Crippen LogP contribution in [0.1, 0.15) is 110 Å². The fraction of sp³-hybridized carbons (Fsp3) is 0.246. The van der Waals surface area contributed by atoms with E-state index in [1.165, 1.54) is 44.2 Å². The van der Waals surface area contributed by atoms with E-state index in [0.717, 1.165) is 56.5 Å². The second-order valence-electron chi connectivity index (χ2n) is 22.7. The van der Waals surface area contributed by atoms with E-state index in [9.17, 15) is 0 Å². The Hall–Kier alpha value is -7.37. The molecule has 1 aliphatic heterocycles. The standard InChI is InChI=1S/C65H66N4O/c1-62(2,3)48-31-32-66-60(38-48)69-57-30-22-21-29-55(57)61-56(64(7,8)9)40-54(41-58(61)69)70-53-37-50(65(10,11)47-27-19-14-20-28-47)36-52(39-53)68-43-67(42-59(68)45-25-17-13-18-26-45)51-34-46(44-23-15-12-16-24-44)33-49(35-51)63(4,5)6/h12-42H,43H2,1-11H3. The molecule has 5 heteroatoms. The first-order valence-electron chi connectivity index (χ1n) is 24.8. The predicted octanol–water partition coefficient (Wildman–Crippen LogP) is 17.1. The molecule has 5 nitrogen and oxygen atoms in total. The lowest BCUT2D eigenvalue weighted by molar-refractivity contribution is 0.477. The fourth-order valence-electron chi connectivity index (χ4n) is 10.0. The first-order chi connectivity index (χ1) is 33.3. The number of aromatic nitrogens is 2. The van der Waals surface area contributed by atoms with Gasteiger partial charge in [-0.2, -0.15) is 0 Å². The summed E-state index contributed by atoms with van der Waals surface area (Å²) in [5.41, 5.74) is 14.6. The molecule has 0 saturated heterocycles. The van der Waals surface area contributed by atoms with Crippen molar-refractivity contribution >= 4 is 38.9 Å². The lowest BCUT2D eigenvalue weighted by atomic mass is 9.78. The largest absolute Gasteiger partial charge is 0.457 e. The SMILES string of the molecule is CC(C)(C)c1cc(-c2ccccc2)cc(N2C=C(c3ccccc3)N(c3cc(Oc4cc(C(C)(C)C)c5c6ccccc6n(-c6cc(C(C)(C)C)ccn6)c5c4)cc(C(C)(C)c4ccccc4)c3)C2)c1. The molecule has 10 rings (SSSR count). The maximum Gasteiger partial charge on any atom is 0.137 e. The number of rotatable bonds is 9. The molecular weight excluding hydrogens is 853 g/mol. The summed E-state index contributed by atoms with van der Waals surface area (Å²) in [4.78, 5) is 9.89. The summed E-state index contributed by atoms with van der Waals surface area (Å²) in [6.45, 7) is 25.8. The summed E-state index contributed by atoms with van der Waals surface area (Å²) in [5, 5.41) is 2.42. The van der Waals surface area contributed by atoms with Crippen LogP contribution < -0.4 is 14.5 Å². The fourth-order valence-corrected chi connectivity index (χ4v) is 10.0. The van der Waals surface area contributed by atoms with Gasteiger partial charge in [0.1, 0.15) is 17.3 Å². The zero-order chi connectivity index (χ0) is 49.2. The van der Waals surface area contributed by atoms with E-state index in [4.69, 9.17) is 9.72 Å². The quantitative estimate of drug-likeness (QED) is 0.144. The predicted molar refractivity (Wildman–Crippen MR) is 296 cm³/mol. The van der Waals surface area contributed by atoms with Crippen LogP contribution in [0, 0.1) is 0 Å². The van der Waals surface area contributed by atoms with E-state index in [-0.39, 0.29) is 21.7 Å². The summed E-state index contributed by atoms with van der Waals surface area (Å²) in [5.74, 6) is 2.45. The van der Waals surface area contributed by atoms with E-state index in [1.807, 2.05) is 6.20 Å². The van der Waals surface area contributed by atoms with Gasteiger partial charge in [-0.3, -0.25) is 4.57 Å². The van der Waals surface area contributed by atoms with Crippen LogP contribution in [0.25, 0.3) is 44.4 Å². The second kappa shape index (κ2) is 17.5. The Balaban J connectivity index is 1.15. The monoisotopic (exact) mass is 919 g/mol. The minimum atomic E-state index is -0.353. The Morgan fingerprint density at radius 2 is 1.07 bits per heavy atom. The van der Waals surface area contributed by atoms with Crippen molar-refractivity contribution in [3.05, 3.63) is 222 Å². The van der Waals surface area contributed by atoms with Gasteiger partial charge in [0, 0.05) is 52.1 Å². The molecule has 7 aromatic carbocycles. The molecule has 0 fully saturated rings. The molecule has 352 valence electrons. The van der Waals surface area contributed by atoms with Gasteiger partial charge in [-0.05, 0) is 109 Å². The number of anilines is 2. The first kappa shape index (κ1) is 46.4. The summed E-state index contributed by atoms with van der Waals surface area (Å²) in [7, 11) is 0. The van der Waals surface area contributed by atoms with E-state index in [1.54, 1.807) is 0 Å².